The van der Waals surface area contributed by atoms with E-state index in [1.807, 2.05) is 0 Å². The third-order valence-electron chi connectivity index (χ3n) is 2.50. The van der Waals surface area contributed by atoms with Gasteiger partial charge in [-0.25, -0.2) is 9.97 Å². The summed E-state index contributed by atoms with van der Waals surface area (Å²) >= 11 is 3.00. The van der Waals surface area contributed by atoms with Crippen molar-refractivity contribution in [1.29, 1.82) is 0 Å². The summed E-state index contributed by atoms with van der Waals surface area (Å²) in [5.74, 6) is -0.0184. The van der Waals surface area contributed by atoms with E-state index in [-0.39, 0.29) is 16.7 Å². The number of alkyl halides is 4. The molecular formula is C12H9BrF3N3. The lowest BCUT2D eigenvalue weighted by molar-refractivity contribution is -0.141. The molecule has 0 amide bonds. The van der Waals surface area contributed by atoms with Crippen LogP contribution < -0.4 is 0 Å². The third-order valence-corrected chi connectivity index (χ3v) is 3.10. The van der Waals surface area contributed by atoms with Crippen molar-refractivity contribution < 1.29 is 13.2 Å². The molecule has 2 aromatic rings. The van der Waals surface area contributed by atoms with Crippen molar-refractivity contribution in [2.24, 2.45) is 0 Å². The molecule has 0 saturated heterocycles. The Labute approximate surface area is 116 Å². The summed E-state index contributed by atoms with van der Waals surface area (Å²) in [6.07, 6.45) is -1.84. The van der Waals surface area contributed by atoms with Crippen molar-refractivity contribution in [1.82, 2.24) is 15.0 Å². The van der Waals surface area contributed by atoms with E-state index >= 15 is 0 Å². The number of hydrogen-bond acceptors (Lipinski definition) is 3. The number of halogens is 4. The van der Waals surface area contributed by atoms with Crippen molar-refractivity contribution in [3.63, 3.8) is 0 Å². The average molecular weight is 332 g/mol. The highest BCUT2D eigenvalue weighted by Gasteiger charge is 2.36. The quantitative estimate of drug-likeness (QED) is 0.786. The highest BCUT2D eigenvalue weighted by molar-refractivity contribution is 9.08. The molecule has 2 rings (SSSR count). The molecule has 0 radical (unpaired) electrons. The first-order valence-corrected chi connectivity index (χ1v) is 6.46. The standard InChI is InChI=1S/C12H9BrF3N3/c1-7-3-2-4-17-9(7)11-18-6-8(5-13)10(19-11)12(14,15)16/h2-4,6H,5H2,1H3. The van der Waals surface area contributed by atoms with E-state index in [0.717, 1.165) is 5.56 Å². The summed E-state index contributed by atoms with van der Waals surface area (Å²) in [5, 5.41) is 0.0450. The lowest BCUT2D eigenvalue weighted by atomic mass is 10.2. The van der Waals surface area contributed by atoms with Crippen molar-refractivity contribution in [3.8, 4) is 11.5 Å². The number of hydrogen-bond donors (Lipinski definition) is 0. The molecule has 0 aliphatic carbocycles. The van der Waals surface area contributed by atoms with Gasteiger partial charge >= 0.3 is 6.18 Å². The Kier molecular flexibility index (Phi) is 3.84. The average Bonchev–Trinajstić information content (AvgIpc) is 2.37. The smallest absolute Gasteiger partial charge is 0.253 e. The second-order valence-electron chi connectivity index (χ2n) is 3.87. The summed E-state index contributed by atoms with van der Waals surface area (Å²) in [5.41, 5.74) is 0.153. The van der Waals surface area contributed by atoms with Crippen LogP contribution in [0.2, 0.25) is 0 Å². The first-order valence-electron chi connectivity index (χ1n) is 5.34. The van der Waals surface area contributed by atoms with Crippen LogP contribution in [0.5, 0.6) is 0 Å². The van der Waals surface area contributed by atoms with Gasteiger partial charge in [-0.05, 0) is 18.6 Å². The van der Waals surface area contributed by atoms with Gasteiger partial charge in [0.25, 0.3) is 0 Å². The molecule has 0 aliphatic heterocycles. The minimum atomic E-state index is -4.51. The van der Waals surface area contributed by atoms with E-state index in [1.54, 1.807) is 19.1 Å². The Morgan fingerprint density at radius 3 is 2.58 bits per heavy atom. The number of aromatic nitrogens is 3. The molecule has 0 fully saturated rings. The molecule has 0 atom stereocenters. The number of nitrogens with zero attached hydrogens (tertiary/aromatic N) is 3. The first kappa shape index (κ1) is 13.9. The maximum absolute atomic E-state index is 12.9. The van der Waals surface area contributed by atoms with E-state index < -0.39 is 11.9 Å². The molecule has 19 heavy (non-hydrogen) atoms. The van der Waals surface area contributed by atoms with Crippen molar-refractivity contribution >= 4 is 15.9 Å². The van der Waals surface area contributed by atoms with Gasteiger partial charge in [-0.1, -0.05) is 22.0 Å². The molecule has 0 aliphatic rings. The van der Waals surface area contributed by atoms with Crippen LogP contribution in [0.3, 0.4) is 0 Å². The van der Waals surface area contributed by atoms with Gasteiger partial charge in [-0.3, -0.25) is 4.98 Å². The number of aryl methyl sites for hydroxylation is 1. The third kappa shape index (κ3) is 2.91. The minimum Gasteiger partial charge on any atom is -0.253 e. The molecule has 0 spiro atoms. The summed E-state index contributed by atoms with van der Waals surface area (Å²) in [6, 6.07) is 3.45. The minimum absolute atomic E-state index is 0.00448. The zero-order chi connectivity index (χ0) is 14.0. The first-order chi connectivity index (χ1) is 8.93. The lowest BCUT2D eigenvalue weighted by Gasteiger charge is -2.11. The van der Waals surface area contributed by atoms with Gasteiger partial charge in [-0.2, -0.15) is 13.2 Å². The molecule has 0 bridgehead atoms. The van der Waals surface area contributed by atoms with Crippen molar-refractivity contribution in [3.05, 3.63) is 41.3 Å². The second kappa shape index (κ2) is 5.24. The number of pyridine rings is 1. The monoisotopic (exact) mass is 331 g/mol. The van der Waals surface area contributed by atoms with Gasteiger partial charge in [0.2, 0.25) is 0 Å². The maximum atomic E-state index is 12.9. The maximum Gasteiger partial charge on any atom is 0.433 e. The summed E-state index contributed by atoms with van der Waals surface area (Å²) < 4.78 is 38.7. The zero-order valence-electron chi connectivity index (χ0n) is 9.87. The van der Waals surface area contributed by atoms with E-state index in [0.29, 0.717) is 5.69 Å². The molecule has 0 aromatic carbocycles. The van der Waals surface area contributed by atoms with Gasteiger partial charge in [0, 0.05) is 23.3 Å². The van der Waals surface area contributed by atoms with Gasteiger partial charge in [0.05, 0.1) is 0 Å². The van der Waals surface area contributed by atoms with Crippen LogP contribution >= 0.6 is 15.9 Å². The molecule has 3 nitrogen and oxygen atoms in total. The zero-order valence-corrected chi connectivity index (χ0v) is 11.5. The van der Waals surface area contributed by atoms with Gasteiger partial charge in [0.15, 0.2) is 11.5 Å². The fourth-order valence-corrected chi connectivity index (χ4v) is 1.99. The topological polar surface area (TPSA) is 38.7 Å². The Balaban J connectivity index is 2.59. The van der Waals surface area contributed by atoms with Crippen LogP contribution in [0.1, 0.15) is 16.8 Å². The molecular weight excluding hydrogens is 323 g/mol. The fraction of sp³-hybridized carbons (Fsp3) is 0.250. The summed E-state index contributed by atoms with van der Waals surface area (Å²) in [7, 11) is 0. The molecule has 100 valence electrons. The molecule has 0 N–H and O–H groups in total. The van der Waals surface area contributed by atoms with E-state index in [2.05, 4.69) is 30.9 Å². The summed E-state index contributed by atoms with van der Waals surface area (Å²) in [4.78, 5) is 11.6. The highest BCUT2D eigenvalue weighted by atomic mass is 79.9. The fourth-order valence-electron chi connectivity index (χ4n) is 1.58. The Bertz CT molecular complexity index is 599. The molecule has 2 heterocycles. The van der Waals surface area contributed by atoms with Crippen LogP contribution in [-0.2, 0) is 11.5 Å². The molecule has 2 aromatic heterocycles. The van der Waals surface area contributed by atoms with E-state index in [4.69, 9.17) is 0 Å². The Hall–Kier alpha value is -1.50. The van der Waals surface area contributed by atoms with Crippen LogP contribution in [0.25, 0.3) is 11.5 Å². The van der Waals surface area contributed by atoms with Gasteiger partial charge in [0.1, 0.15) is 5.69 Å². The number of rotatable bonds is 2. The van der Waals surface area contributed by atoms with Crippen LogP contribution in [0, 0.1) is 6.92 Å². The normalized spacial score (nSPS) is 11.6. The van der Waals surface area contributed by atoms with E-state index in [9.17, 15) is 13.2 Å². The largest absolute Gasteiger partial charge is 0.433 e. The predicted octanol–water partition coefficient (Wildman–Crippen LogP) is 3.76. The van der Waals surface area contributed by atoms with Crippen molar-refractivity contribution in [2.75, 3.05) is 0 Å². The lowest BCUT2D eigenvalue weighted by Crippen LogP contribution is -2.13. The van der Waals surface area contributed by atoms with Gasteiger partial charge < -0.3 is 0 Å². The van der Waals surface area contributed by atoms with Crippen molar-refractivity contribution in [2.45, 2.75) is 18.4 Å². The van der Waals surface area contributed by atoms with Crippen LogP contribution in [-0.4, -0.2) is 15.0 Å². The Morgan fingerprint density at radius 1 is 1.26 bits per heavy atom. The van der Waals surface area contributed by atoms with E-state index in [1.165, 1.54) is 12.4 Å². The highest BCUT2D eigenvalue weighted by Crippen LogP contribution is 2.32. The molecule has 7 heteroatoms. The molecule has 0 saturated carbocycles. The van der Waals surface area contributed by atoms with Crippen LogP contribution in [0.15, 0.2) is 24.5 Å². The molecule has 0 unspecified atom stereocenters. The summed E-state index contributed by atoms with van der Waals surface area (Å²) in [6.45, 7) is 1.75. The van der Waals surface area contributed by atoms with Crippen LogP contribution in [0.4, 0.5) is 13.2 Å². The predicted molar refractivity (Wildman–Crippen MR) is 67.6 cm³/mol. The Morgan fingerprint density at radius 2 is 2.00 bits per heavy atom. The SMILES string of the molecule is Cc1cccnc1-c1ncc(CBr)c(C(F)(F)F)n1. The second-order valence-corrected chi connectivity index (χ2v) is 4.43. The van der Waals surface area contributed by atoms with Gasteiger partial charge in [-0.15, -0.1) is 0 Å².